The first-order valence-electron chi connectivity index (χ1n) is 8.94. The molecule has 1 unspecified atom stereocenters. The second kappa shape index (κ2) is 6.54. The van der Waals surface area contributed by atoms with E-state index in [1.165, 1.54) is 0 Å². The highest BCUT2D eigenvalue weighted by atomic mass is 32.2. The van der Waals surface area contributed by atoms with E-state index in [9.17, 15) is 13.2 Å². The lowest BCUT2D eigenvalue weighted by Crippen LogP contribution is -2.42. The van der Waals surface area contributed by atoms with Gasteiger partial charge in [0.1, 0.15) is 0 Å². The van der Waals surface area contributed by atoms with Crippen LogP contribution in [0.15, 0.2) is 24.5 Å². The van der Waals surface area contributed by atoms with Gasteiger partial charge in [-0.3, -0.25) is 4.79 Å². The highest BCUT2D eigenvalue weighted by Crippen LogP contribution is 2.37. The maximum atomic E-state index is 12.5. The number of aromatic nitrogens is 1. The molecule has 134 valence electrons. The summed E-state index contributed by atoms with van der Waals surface area (Å²) >= 11 is 0. The lowest BCUT2D eigenvalue weighted by atomic mass is 9.85. The second-order valence-electron chi connectivity index (χ2n) is 7.79. The van der Waals surface area contributed by atoms with Crippen LogP contribution in [0.2, 0.25) is 0 Å². The van der Waals surface area contributed by atoms with E-state index in [0.717, 1.165) is 25.7 Å². The predicted octanol–water partition coefficient (Wildman–Crippen LogP) is 2.55. The van der Waals surface area contributed by atoms with Crippen LogP contribution in [0.3, 0.4) is 0 Å². The third-order valence-electron chi connectivity index (χ3n) is 6.16. The molecule has 0 bridgehead atoms. The van der Waals surface area contributed by atoms with Gasteiger partial charge in [-0.15, -0.1) is 0 Å². The topological polar surface area (TPSA) is 68.2 Å². The molecule has 0 aromatic carbocycles. The fourth-order valence-electron chi connectivity index (χ4n) is 4.11. The molecule has 1 aromatic rings. The van der Waals surface area contributed by atoms with Crippen LogP contribution in [-0.4, -0.2) is 35.9 Å². The molecule has 3 rings (SSSR count). The van der Waals surface area contributed by atoms with E-state index in [-0.39, 0.29) is 23.5 Å². The molecule has 5 nitrogen and oxygen atoms in total. The van der Waals surface area contributed by atoms with Crippen molar-refractivity contribution in [2.45, 2.75) is 56.7 Å². The number of sulfone groups is 1. The molecular formula is C18H28N2O3S. The summed E-state index contributed by atoms with van der Waals surface area (Å²) in [6.45, 7) is 4.05. The molecule has 1 aliphatic carbocycles. The van der Waals surface area contributed by atoms with Gasteiger partial charge >= 0.3 is 0 Å². The van der Waals surface area contributed by atoms with Gasteiger partial charge in [0.2, 0.25) is 5.91 Å². The zero-order chi connectivity index (χ0) is 17.4. The first-order chi connectivity index (χ1) is 11.3. The summed E-state index contributed by atoms with van der Waals surface area (Å²) in [5.74, 6) is 0.421. The standard InChI is InChI=1S/C18H28N2O3S/c1-18(2)15(9-12-24(18,22)23)13-19-17(21)14-5-7-16(8-6-14)20-10-3-4-11-20/h3-4,10-11,14-16H,5-9,12-13H2,1-2H3,(H,19,21). The molecule has 0 spiro atoms. The maximum absolute atomic E-state index is 12.5. The summed E-state index contributed by atoms with van der Waals surface area (Å²) in [6.07, 6.45) is 8.69. The van der Waals surface area contributed by atoms with E-state index in [0.29, 0.717) is 19.0 Å². The Hall–Kier alpha value is -1.30. The van der Waals surface area contributed by atoms with Gasteiger partial charge in [0.05, 0.1) is 10.5 Å². The van der Waals surface area contributed by atoms with E-state index >= 15 is 0 Å². The quantitative estimate of drug-likeness (QED) is 0.905. The summed E-state index contributed by atoms with van der Waals surface area (Å²) in [5, 5.41) is 3.03. The summed E-state index contributed by atoms with van der Waals surface area (Å²) in [4.78, 5) is 12.5. The summed E-state index contributed by atoms with van der Waals surface area (Å²) in [6, 6.07) is 4.58. The van der Waals surface area contributed by atoms with Crippen molar-refractivity contribution < 1.29 is 13.2 Å². The van der Waals surface area contributed by atoms with Crippen molar-refractivity contribution in [1.82, 2.24) is 9.88 Å². The molecule has 1 atom stereocenters. The van der Waals surface area contributed by atoms with E-state index < -0.39 is 14.6 Å². The Morgan fingerprint density at radius 3 is 2.29 bits per heavy atom. The van der Waals surface area contributed by atoms with Crippen molar-refractivity contribution in [3.8, 4) is 0 Å². The SMILES string of the molecule is CC1(C)C(CNC(=O)C2CCC(n3cccc3)CC2)CCS1(=O)=O. The van der Waals surface area contributed by atoms with Gasteiger partial charge in [-0.25, -0.2) is 8.42 Å². The van der Waals surface area contributed by atoms with Crippen molar-refractivity contribution in [3.63, 3.8) is 0 Å². The van der Waals surface area contributed by atoms with E-state index in [1.54, 1.807) is 13.8 Å². The van der Waals surface area contributed by atoms with Crippen molar-refractivity contribution in [1.29, 1.82) is 0 Å². The van der Waals surface area contributed by atoms with E-state index in [1.807, 2.05) is 12.1 Å². The highest BCUT2D eigenvalue weighted by Gasteiger charge is 2.47. The Morgan fingerprint density at radius 1 is 1.12 bits per heavy atom. The number of nitrogens with one attached hydrogen (secondary N) is 1. The Kier molecular flexibility index (Phi) is 4.78. The van der Waals surface area contributed by atoms with Crippen LogP contribution in [0.4, 0.5) is 0 Å². The van der Waals surface area contributed by atoms with Crippen LogP contribution in [0.5, 0.6) is 0 Å². The number of hydrogen-bond donors (Lipinski definition) is 1. The Balaban J connectivity index is 1.49. The van der Waals surface area contributed by atoms with Crippen LogP contribution in [0.25, 0.3) is 0 Å². The molecule has 2 heterocycles. The fraction of sp³-hybridized carbons (Fsp3) is 0.722. The predicted molar refractivity (Wildman–Crippen MR) is 94.4 cm³/mol. The van der Waals surface area contributed by atoms with Crippen molar-refractivity contribution in [2.75, 3.05) is 12.3 Å². The van der Waals surface area contributed by atoms with Gasteiger partial charge in [-0.05, 0) is 64.0 Å². The summed E-state index contributed by atoms with van der Waals surface area (Å²) < 4.78 is 25.7. The molecule has 6 heteroatoms. The highest BCUT2D eigenvalue weighted by molar-refractivity contribution is 7.93. The van der Waals surface area contributed by atoms with Gasteiger partial charge in [0.15, 0.2) is 9.84 Å². The largest absolute Gasteiger partial charge is 0.356 e. The molecule has 1 saturated carbocycles. The first kappa shape index (κ1) is 17.5. The normalized spacial score (nSPS) is 31.7. The smallest absolute Gasteiger partial charge is 0.223 e. The lowest BCUT2D eigenvalue weighted by molar-refractivity contribution is -0.126. The molecule has 1 aliphatic heterocycles. The van der Waals surface area contributed by atoms with Crippen LogP contribution in [-0.2, 0) is 14.6 Å². The van der Waals surface area contributed by atoms with Gasteiger partial charge in [-0.2, -0.15) is 0 Å². The average Bonchev–Trinajstić information content (AvgIpc) is 3.14. The van der Waals surface area contributed by atoms with E-state index in [2.05, 4.69) is 22.3 Å². The molecule has 1 saturated heterocycles. The Labute approximate surface area is 144 Å². The van der Waals surface area contributed by atoms with Crippen LogP contribution >= 0.6 is 0 Å². The van der Waals surface area contributed by atoms with Crippen LogP contribution < -0.4 is 5.32 Å². The average molecular weight is 353 g/mol. The van der Waals surface area contributed by atoms with Gasteiger partial charge < -0.3 is 9.88 Å². The number of hydrogen-bond acceptors (Lipinski definition) is 3. The van der Waals surface area contributed by atoms with Gasteiger partial charge in [-0.1, -0.05) is 0 Å². The molecular weight excluding hydrogens is 324 g/mol. The summed E-state index contributed by atoms with van der Waals surface area (Å²) in [5.41, 5.74) is 0. The molecule has 1 aromatic heterocycles. The molecule has 0 radical (unpaired) electrons. The van der Waals surface area contributed by atoms with E-state index in [4.69, 9.17) is 0 Å². The van der Waals surface area contributed by atoms with Gasteiger partial charge in [0.25, 0.3) is 0 Å². The molecule has 2 fully saturated rings. The monoisotopic (exact) mass is 352 g/mol. The van der Waals surface area contributed by atoms with Crippen molar-refractivity contribution in [3.05, 3.63) is 24.5 Å². The molecule has 24 heavy (non-hydrogen) atoms. The minimum absolute atomic E-state index is 0.0164. The maximum Gasteiger partial charge on any atom is 0.223 e. The number of amides is 1. The second-order valence-corrected chi connectivity index (χ2v) is 10.5. The fourth-order valence-corrected chi connectivity index (χ4v) is 5.94. The minimum atomic E-state index is -3.03. The van der Waals surface area contributed by atoms with Gasteiger partial charge in [0, 0.05) is 30.9 Å². The molecule has 2 aliphatic rings. The number of carbonyl (C=O) groups excluding carboxylic acids is 1. The third-order valence-corrected chi connectivity index (χ3v) is 8.87. The molecule has 1 N–H and O–H groups in total. The Bertz CT molecular complexity index is 671. The Morgan fingerprint density at radius 2 is 1.75 bits per heavy atom. The number of rotatable bonds is 4. The third kappa shape index (κ3) is 3.25. The minimum Gasteiger partial charge on any atom is -0.356 e. The zero-order valence-corrected chi connectivity index (χ0v) is 15.4. The zero-order valence-electron chi connectivity index (χ0n) is 14.6. The lowest BCUT2D eigenvalue weighted by Gasteiger charge is -2.30. The van der Waals surface area contributed by atoms with Crippen LogP contribution in [0, 0.1) is 11.8 Å². The van der Waals surface area contributed by atoms with Crippen LogP contribution in [0.1, 0.15) is 52.0 Å². The van der Waals surface area contributed by atoms with Crippen molar-refractivity contribution in [2.24, 2.45) is 11.8 Å². The number of carbonyl (C=O) groups is 1. The number of nitrogens with zero attached hydrogens (tertiary/aromatic N) is 1. The first-order valence-corrected chi connectivity index (χ1v) is 10.6. The van der Waals surface area contributed by atoms with Crippen molar-refractivity contribution >= 4 is 15.7 Å². The molecule has 1 amide bonds. The summed E-state index contributed by atoms with van der Waals surface area (Å²) in [7, 11) is -3.03.